The quantitative estimate of drug-likeness (QED) is 0.261. The first kappa shape index (κ1) is 23.7. The van der Waals surface area contributed by atoms with Gasteiger partial charge in [0.1, 0.15) is 22.1 Å². The Bertz CT molecular complexity index is 1060. The number of aromatic nitrogens is 2. The highest BCUT2D eigenvalue weighted by atomic mass is 35.5. The number of amides is 1. The van der Waals surface area contributed by atoms with Crippen molar-refractivity contribution >= 4 is 51.6 Å². The third-order valence-electron chi connectivity index (χ3n) is 3.57. The van der Waals surface area contributed by atoms with Crippen LogP contribution in [0.4, 0.5) is 19.0 Å². The highest BCUT2D eigenvalue weighted by Crippen LogP contribution is 2.39. The van der Waals surface area contributed by atoms with Gasteiger partial charge in [0.15, 0.2) is 5.84 Å². The van der Waals surface area contributed by atoms with Crippen LogP contribution in [-0.4, -0.2) is 32.0 Å². The number of hydrazone groups is 1. The van der Waals surface area contributed by atoms with Gasteiger partial charge in [0.2, 0.25) is 0 Å². The first-order chi connectivity index (χ1) is 13.9. The number of hydrogen-bond donors (Lipinski definition) is 3. The number of halogens is 5. The van der Waals surface area contributed by atoms with Crippen LogP contribution in [0.1, 0.15) is 18.2 Å². The minimum Gasteiger partial charge on any atom is -0.383 e. The molecule has 0 spiro atoms. The molecule has 8 nitrogen and oxygen atoms in total. The van der Waals surface area contributed by atoms with Crippen molar-refractivity contribution in [1.82, 2.24) is 15.2 Å². The Morgan fingerprint density at radius 3 is 2.37 bits per heavy atom. The third kappa shape index (κ3) is 4.94. The van der Waals surface area contributed by atoms with E-state index in [2.05, 4.69) is 15.6 Å². The highest BCUT2D eigenvalue weighted by molar-refractivity contribution is 7.84. The Morgan fingerprint density at radius 2 is 1.90 bits per heavy atom. The lowest BCUT2D eigenvalue weighted by molar-refractivity contribution is -0.137. The maximum atomic E-state index is 13.0. The van der Waals surface area contributed by atoms with Gasteiger partial charge in [0, 0.05) is 12.3 Å². The average molecular weight is 483 g/mol. The molecule has 1 heterocycles. The second-order valence-electron chi connectivity index (χ2n) is 5.69. The molecule has 1 unspecified atom stereocenters. The zero-order chi connectivity index (χ0) is 22.8. The molecule has 2 aromatic rings. The van der Waals surface area contributed by atoms with Crippen molar-refractivity contribution in [2.75, 3.05) is 12.0 Å². The fourth-order valence-corrected chi connectivity index (χ4v) is 3.77. The summed E-state index contributed by atoms with van der Waals surface area (Å²) in [5.41, 5.74) is 12.6. The van der Waals surface area contributed by atoms with E-state index in [4.69, 9.17) is 34.7 Å². The minimum absolute atomic E-state index is 0.0661. The van der Waals surface area contributed by atoms with Crippen LogP contribution in [0, 0.1) is 0 Å². The van der Waals surface area contributed by atoms with Crippen molar-refractivity contribution in [2.45, 2.75) is 18.0 Å². The molecule has 1 atom stereocenters. The first-order valence-electron chi connectivity index (χ1n) is 7.93. The Morgan fingerprint density at radius 1 is 1.33 bits per heavy atom. The van der Waals surface area contributed by atoms with Crippen molar-refractivity contribution < 1.29 is 22.2 Å². The monoisotopic (exact) mass is 482 g/mol. The Kier molecular flexibility index (Phi) is 7.16. The Hall–Kier alpha value is -2.57. The van der Waals surface area contributed by atoms with Crippen LogP contribution in [0.15, 0.2) is 34.3 Å². The SMILES string of the molecule is C/C=C/C(=O)NN=C(N)c1nn(-c2c(Cl)cc(C(F)(F)F)cc2Cl)c(N)c1S(C)=O. The smallest absolute Gasteiger partial charge is 0.383 e. The van der Waals surface area contributed by atoms with Gasteiger partial charge in [-0.3, -0.25) is 9.00 Å². The molecule has 0 aliphatic heterocycles. The Balaban J connectivity index is 2.65. The molecule has 2 rings (SSSR count). The number of anilines is 1. The fourth-order valence-electron chi connectivity index (χ4n) is 2.33. The fraction of sp³-hybridized carbons (Fsp3) is 0.188. The molecule has 5 N–H and O–H groups in total. The standard InChI is InChI=1S/C16H15Cl2F3N6O2S/c1-3-4-10(28)24-25-14(22)11-13(30(2)29)15(23)27(26-11)12-8(17)5-7(6-9(12)18)16(19,20)21/h3-6H,23H2,1-2H3,(H2,22,25)(H,24,28)/b4-3+. The number of carbonyl (C=O) groups is 1. The summed E-state index contributed by atoms with van der Waals surface area (Å²) < 4.78 is 52.0. The molecule has 0 aliphatic carbocycles. The van der Waals surface area contributed by atoms with Gasteiger partial charge in [-0.25, -0.2) is 10.1 Å². The van der Waals surface area contributed by atoms with Crippen molar-refractivity contribution in [3.63, 3.8) is 0 Å². The second kappa shape index (κ2) is 9.06. The van der Waals surface area contributed by atoms with E-state index in [-0.39, 0.29) is 27.9 Å². The first-order valence-corrected chi connectivity index (χ1v) is 10.2. The Labute approximate surface area is 181 Å². The van der Waals surface area contributed by atoms with Crippen LogP contribution in [0.3, 0.4) is 0 Å². The van der Waals surface area contributed by atoms with Gasteiger partial charge < -0.3 is 11.5 Å². The van der Waals surface area contributed by atoms with E-state index in [1.165, 1.54) is 18.4 Å². The maximum Gasteiger partial charge on any atom is 0.416 e. The van der Waals surface area contributed by atoms with Gasteiger partial charge in [-0.15, -0.1) is 0 Å². The molecule has 0 saturated carbocycles. The van der Waals surface area contributed by atoms with Gasteiger partial charge in [0.05, 0.1) is 26.4 Å². The van der Waals surface area contributed by atoms with E-state index in [9.17, 15) is 22.2 Å². The highest BCUT2D eigenvalue weighted by Gasteiger charge is 2.33. The molecule has 1 aromatic heterocycles. The molecular formula is C16H15Cl2F3N6O2S. The number of hydrogen-bond acceptors (Lipinski definition) is 5. The molecule has 0 fully saturated rings. The zero-order valence-electron chi connectivity index (χ0n) is 15.4. The van der Waals surface area contributed by atoms with Crippen molar-refractivity contribution in [3.8, 4) is 5.69 Å². The van der Waals surface area contributed by atoms with Crippen molar-refractivity contribution in [2.24, 2.45) is 10.8 Å². The number of nitrogens with one attached hydrogen (secondary N) is 1. The average Bonchev–Trinajstić information content (AvgIpc) is 2.96. The van der Waals surface area contributed by atoms with Gasteiger partial charge in [-0.1, -0.05) is 29.3 Å². The molecule has 1 amide bonds. The molecule has 30 heavy (non-hydrogen) atoms. The molecule has 0 bridgehead atoms. The van der Waals surface area contributed by atoms with Crippen LogP contribution in [0.2, 0.25) is 10.0 Å². The van der Waals surface area contributed by atoms with Crippen LogP contribution >= 0.6 is 23.2 Å². The van der Waals surface area contributed by atoms with Crippen LogP contribution in [0.25, 0.3) is 5.69 Å². The van der Waals surface area contributed by atoms with Crippen LogP contribution < -0.4 is 16.9 Å². The van der Waals surface area contributed by atoms with Gasteiger partial charge >= 0.3 is 6.18 Å². The summed E-state index contributed by atoms with van der Waals surface area (Å²) in [6.07, 6.45) is -0.743. The normalized spacial score (nSPS) is 13.6. The topological polar surface area (TPSA) is 128 Å². The van der Waals surface area contributed by atoms with E-state index in [0.717, 1.165) is 4.68 Å². The lowest BCUT2D eigenvalue weighted by atomic mass is 10.2. The zero-order valence-corrected chi connectivity index (χ0v) is 17.7. The van der Waals surface area contributed by atoms with E-state index < -0.39 is 38.5 Å². The number of carbonyl (C=O) groups excluding carboxylic acids is 1. The summed E-state index contributed by atoms with van der Waals surface area (Å²) in [7, 11) is -1.74. The molecule has 162 valence electrons. The molecule has 14 heteroatoms. The molecule has 0 saturated heterocycles. The molecule has 1 aromatic carbocycles. The predicted octanol–water partition coefficient (Wildman–Crippen LogP) is 2.83. The summed E-state index contributed by atoms with van der Waals surface area (Å²) in [5.74, 6) is -1.16. The van der Waals surface area contributed by atoms with E-state index in [1.54, 1.807) is 6.92 Å². The third-order valence-corrected chi connectivity index (χ3v) is 5.12. The summed E-state index contributed by atoms with van der Waals surface area (Å²) in [4.78, 5) is 11.4. The van der Waals surface area contributed by atoms with Gasteiger partial charge in [0.25, 0.3) is 5.91 Å². The number of nitrogen functional groups attached to an aromatic ring is 1. The number of alkyl halides is 3. The van der Waals surface area contributed by atoms with E-state index in [0.29, 0.717) is 12.1 Å². The summed E-state index contributed by atoms with van der Waals surface area (Å²) in [6.45, 7) is 1.62. The molecule has 0 radical (unpaired) electrons. The predicted molar refractivity (Wildman–Crippen MR) is 109 cm³/mol. The lowest BCUT2D eigenvalue weighted by Crippen LogP contribution is -2.24. The lowest BCUT2D eigenvalue weighted by Gasteiger charge is -2.13. The van der Waals surface area contributed by atoms with Crippen molar-refractivity contribution in [3.05, 3.63) is 45.6 Å². The number of amidine groups is 1. The van der Waals surface area contributed by atoms with Gasteiger partial charge in [-0.05, 0) is 19.1 Å². The largest absolute Gasteiger partial charge is 0.416 e. The second-order valence-corrected chi connectivity index (χ2v) is 7.82. The number of allylic oxidation sites excluding steroid dienone is 1. The minimum atomic E-state index is -4.68. The number of rotatable bonds is 5. The van der Waals surface area contributed by atoms with Crippen LogP contribution in [0.5, 0.6) is 0 Å². The maximum absolute atomic E-state index is 13.0. The van der Waals surface area contributed by atoms with E-state index in [1.807, 2.05) is 0 Å². The number of benzene rings is 1. The summed E-state index contributed by atoms with van der Waals surface area (Å²) in [6, 6.07) is 1.31. The molecule has 0 aliphatic rings. The van der Waals surface area contributed by atoms with Gasteiger partial charge in [-0.2, -0.15) is 23.4 Å². The number of nitrogens with two attached hydrogens (primary N) is 2. The molecular weight excluding hydrogens is 468 g/mol. The summed E-state index contributed by atoms with van der Waals surface area (Å²) in [5, 5.41) is 6.92. The number of nitrogens with zero attached hydrogens (tertiary/aromatic N) is 3. The van der Waals surface area contributed by atoms with Crippen LogP contribution in [-0.2, 0) is 21.8 Å². The summed E-state index contributed by atoms with van der Waals surface area (Å²) >= 11 is 12.0. The van der Waals surface area contributed by atoms with E-state index >= 15 is 0 Å². The van der Waals surface area contributed by atoms with Crippen molar-refractivity contribution in [1.29, 1.82) is 0 Å².